The second-order valence-electron chi connectivity index (χ2n) is 4.08. The van der Waals surface area contributed by atoms with Crippen LogP contribution in [-0.4, -0.2) is 38.5 Å². The number of alkyl halides is 1. The number of ether oxygens (including phenoxy) is 1. The number of sulfonamides is 1. The maximum Gasteiger partial charge on any atom is 0.215 e. The van der Waals surface area contributed by atoms with Gasteiger partial charge < -0.3 is 4.74 Å². The van der Waals surface area contributed by atoms with Crippen molar-refractivity contribution in [1.82, 2.24) is 4.31 Å². The highest BCUT2D eigenvalue weighted by molar-refractivity contribution is 7.89. The maximum atomic E-state index is 11.8. The fraction of sp³-hybridized carbons (Fsp3) is 0.500. The molecule has 0 fully saturated rings. The van der Waals surface area contributed by atoms with Gasteiger partial charge in [-0.05, 0) is 13.0 Å². The standard InChI is InChI=1S/C12H18ClNO3S/c1-10-4-5-12(17-3)11(8-10)9-14(2)18(15,16)7-6-13/h4-5,8H,6-7,9H2,1-3H3. The number of halogens is 1. The molecule has 0 unspecified atom stereocenters. The summed E-state index contributed by atoms with van der Waals surface area (Å²) in [7, 11) is -0.184. The van der Waals surface area contributed by atoms with Crippen molar-refractivity contribution >= 4 is 21.6 Å². The molecule has 0 saturated carbocycles. The molecule has 0 amide bonds. The van der Waals surface area contributed by atoms with Gasteiger partial charge in [0, 0.05) is 25.0 Å². The molecular formula is C12H18ClNO3S. The van der Waals surface area contributed by atoms with Gasteiger partial charge in [0.2, 0.25) is 10.0 Å². The number of benzene rings is 1. The van der Waals surface area contributed by atoms with Crippen molar-refractivity contribution in [3.8, 4) is 5.75 Å². The Morgan fingerprint density at radius 3 is 2.61 bits per heavy atom. The van der Waals surface area contributed by atoms with E-state index in [1.165, 1.54) is 4.31 Å². The van der Waals surface area contributed by atoms with Gasteiger partial charge in [-0.2, -0.15) is 0 Å². The van der Waals surface area contributed by atoms with E-state index in [0.717, 1.165) is 11.1 Å². The summed E-state index contributed by atoms with van der Waals surface area (Å²) in [4.78, 5) is 0. The van der Waals surface area contributed by atoms with Crippen LogP contribution >= 0.6 is 11.6 Å². The first kappa shape index (κ1) is 15.3. The number of methoxy groups -OCH3 is 1. The van der Waals surface area contributed by atoms with Crippen LogP contribution in [0.15, 0.2) is 18.2 Å². The van der Waals surface area contributed by atoms with Crippen molar-refractivity contribution in [2.24, 2.45) is 0 Å². The molecule has 0 bridgehead atoms. The molecule has 0 aliphatic rings. The van der Waals surface area contributed by atoms with Crippen LogP contribution in [-0.2, 0) is 16.6 Å². The molecule has 0 atom stereocenters. The molecule has 0 aliphatic heterocycles. The van der Waals surface area contributed by atoms with E-state index in [1.807, 2.05) is 25.1 Å². The van der Waals surface area contributed by atoms with Crippen LogP contribution in [0.3, 0.4) is 0 Å². The molecule has 1 rings (SSSR count). The van der Waals surface area contributed by atoms with Crippen molar-refractivity contribution in [3.05, 3.63) is 29.3 Å². The molecule has 0 radical (unpaired) electrons. The zero-order valence-electron chi connectivity index (χ0n) is 10.8. The lowest BCUT2D eigenvalue weighted by molar-refractivity contribution is 0.398. The van der Waals surface area contributed by atoms with Gasteiger partial charge in [-0.1, -0.05) is 17.7 Å². The van der Waals surface area contributed by atoms with E-state index in [4.69, 9.17) is 16.3 Å². The highest BCUT2D eigenvalue weighted by atomic mass is 35.5. The number of hydrogen-bond acceptors (Lipinski definition) is 3. The van der Waals surface area contributed by atoms with E-state index in [2.05, 4.69) is 0 Å². The van der Waals surface area contributed by atoms with E-state index in [1.54, 1.807) is 14.2 Å². The molecule has 4 nitrogen and oxygen atoms in total. The minimum absolute atomic E-state index is 0.0564. The predicted octanol–water partition coefficient (Wildman–Crippen LogP) is 2.00. The van der Waals surface area contributed by atoms with Gasteiger partial charge in [0.1, 0.15) is 5.75 Å². The summed E-state index contributed by atoms with van der Waals surface area (Å²) in [5.74, 6) is 0.727. The Kier molecular flexibility index (Phi) is 5.44. The Balaban J connectivity index is 2.94. The zero-order valence-corrected chi connectivity index (χ0v) is 12.4. The summed E-state index contributed by atoms with van der Waals surface area (Å²) in [5, 5.41) is 0. The molecule has 1 aromatic carbocycles. The maximum absolute atomic E-state index is 11.8. The first-order chi connectivity index (χ1) is 8.40. The van der Waals surface area contributed by atoms with Crippen LogP contribution in [0.5, 0.6) is 5.75 Å². The van der Waals surface area contributed by atoms with Gasteiger partial charge in [0.25, 0.3) is 0 Å². The van der Waals surface area contributed by atoms with Gasteiger partial charge in [-0.25, -0.2) is 12.7 Å². The average molecular weight is 292 g/mol. The largest absolute Gasteiger partial charge is 0.496 e. The Morgan fingerprint density at radius 2 is 2.06 bits per heavy atom. The lowest BCUT2D eigenvalue weighted by Gasteiger charge is -2.18. The highest BCUT2D eigenvalue weighted by Crippen LogP contribution is 2.21. The summed E-state index contributed by atoms with van der Waals surface area (Å²) in [6, 6.07) is 5.69. The Labute approximate surface area is 114 Å². The van der Waals surface area contributed by atoms with Crippen LogP contribution in [0.4, 0.5) is 0 Å². The lowest BCUT2D eigenvalue weighted by atomic mass is 10.1. The third kappa shape index (κ3) is 3.86. The summed E-state index contributed by atoms with van der Waals surface area (Å²) in [6.45, 7) is 2.24. The molecule has 0 spiro atoms. The van der Waals surface area contributed by atoms with Crippen molar-refractivity contribution in [1.29, 1.82) is 0 Å². The number of rotatable bonds is 6. The smallest absolute Gasteiger partial charge is 0.215 e. The minimum Gasteiger partial charge on any atom is -0.496 e. The van der Waals surface area contributed by atoms with Gasteiger partial charge in [-0.15, -0.1) is 11.6 Å². The number of nitrogens with zero attached hydrogens (tertiary/aromatic N) is 1. The molecule has 18 heavy (non-hydrogen) atoms. The van der Waals surface area contributed by atoms with Crippen LogP contribution in [0.25, 0.3) is 0 Å². The lowest BCUT2D eigenvalue weighted by Crippen LogP contribution is -2.29. The van der Waals surface area contributed by atoms with Crippen LogP contribution in [0, 0.1) is 6.92 Å². The summed E-state index contributed by atoms with van der Waals surface area (Å²) < 4.78 is 30.2. The Hall–Kier alpha value is -0.780. The molecule has 0 aliphatic carbocycles. The second kappa shape index (κ2) is 6.41. The third-order valence-electron chi connectivity index (χ3n) is 2.64. The molecule has 6 heteroatoms. The molecule has 1 aromatic rings. The van der Waals surface area contributed by atoms with E-state index < -0.39 is 10.0 Å². The van der Waals surface area contributed by atoms with E-state index in [9.17, 15) is 8.42 Å². The van der Waals surface area contributed by atoms with Crippen LogP contribution in [0.2, 0.25) is 0 Å². The van der Waals surface area contributed by atoms with Gasteiger partial charge >= 0.3 is 0 Å². The zero-order chi connectivity index (χ0) is 13.8. The SMILES string of the molecule is COc1ccc(C)cc1CN(C)S(=O)(=O)CCCl. The predicted molar refractivity (Wildman–Crippen MR) is 73.7 cm³/mol. The summed E-state index contributed by atoms with van der Waals surface area (Å²) in [5.41, 5.74) is 1.91. The monoisotopic (exact) mass is 291 g/mol. The first-order valence-electron chi connectivity index (χ1n) is 5.54. The van der Waals surface area contributed by atoms with Crippen molar-refractivity contribution < 1.29 is 13.2 Å². The van der Waals surface area contributed by atoms with E-state index in [0.29, 0.717) is 5.75 Å². The topological polar surface area (TPSA) is 46.6 Å². The molecule has 0 N–H and O–H groups in total. The van der Waals surface area contributed by atoms with Crippen molar-refractivity contribution in [2.75, 3.05) is 25.8 Å². The quantitative estimate of drug-likeness (QED) is 0.753. The fourth-order valence-electron chi connectivity index (χ4n) is 1.62. The molecular weight excluding hydrogens is 274 g/mol. The van der Waals surface area contributed by atoms with Crippen molar-refractivity contribution in [2.45, 2.75) is 13.5 Å². The van der Waals surface area contributed by atoms with E-state index in [-0.39, 0.29) is 18.2 Å². The highest BCUT2D eigenvalue weighted by Gasteiger charge is 2.18. The Bertz CT molecular complexity index is 502. The Morgan fingerprint density at radius 1 is 1.39 bits per heavy atom. The summed E-state index contributed by atoms with van der Waals surface area (Å²) in [6.07, 6.45) is 0. The second-order valence-corrected chi connectivity index (χ2v) is 6.65. The number of hydrogen-bond donors (Lipinski definition) is 0. The van der Waals surface area contributed by atoms with E-state index >= 15 is 0 Å². The van der Waals surface area contributed by atoms with Crippen molar-refractivity contribution in [3.63, 3.8) is 0 Å². The fourth-order valence-corrected chi connectivity index (χ4v) is 3.05. The van der Waals surface area contributed by atoms with Gasteiger partial charge in [0.05, 0.1) is 12.9 Å². The normalized spacial score (nSPS) is 11.8. The van der Waals surface area contributed by atoms with Crippen LogP contribution in [0.1, 0.15) is 11.1 Å². The molecule has 102 valence electrons. The van der Waals surface area contributed by atoms with Gasteiger partial charge in [0.15, 0.2) is 0 Å². The minimum atomic E-state index is -3.30. The molecule has 0 saturated heterocycles. The number of aryl methyl sites for hydroxylation is 1. The van der Waals surface area contributed by atoms with Gasteiger partial charge in [-0.3, -0.25) is 0 Å². The third-order valence-corrected chi connectivity index (χ3v) is 4.85. The average Bonchev–Trinajstić information content (AvgIpc) is 2.29. The van der Waals surface area contributed by atoms with Crippen LogP contribution < -0.4 is 4.74 Å². The molecule has 0 heterocycles. The molecule has 0 aromatic heterocycles. The first-order valence-corrected chi connectivity index (χ1v) is 7.68. The summed E-state index contributed by atoms with van der Waals surface area (Å²) >= 11 is 5.49.